The highest BCUT2D eigenvalue weighted by Gasteiger charge is 2.10. The Bertz CT molecular complexity index is 929. The van der Waals surface area contributed by atoms with E-state index >= 15 is 0 Å². The minimum absolute atomic E-state index is 0.0329. The number of nitrogens with zero attached hydrogens (tertiary/aromatic N) is 4. The van der Waals surface area contributed by atoms with Gasteiger partial charge in [-0.25, -0.2) is 9.50 Å². The van der Waals surface area contributed by atoms with Crippen LogP contribution in [0.5, 0.6) is 0 Å². The Morgan fingerprint density at radius 1 is 1.14 bits per heavy atom. The molecule has 0 amide bonds. The zero-order valence-corrected chi connectivity index (χ0v) is 16.3. The van der Waals surface area contributed by atoms with Gasteiger partial charge < -0.3 is 15.5 Å². The number of nitrogens with one attached hydrogen (secondary N) is 1. The van der Waals surface area contributed by atoms with Gasteiger partial charge in [-0.1, -0.05) is 32.0 Å². The van der Waals surface area contributed by atoms with Crippen LogP contribution in [0.3, 0.4) is 0 Å². The van der Waals surface area contributed by atoms with E-state index in [9.17, 15) is 10.2 Å². The van der Waals surface area contributed by atoms with E-state index < -0.39 is 0 Å². The fourth-order valence-corrected chi connectivity index (χ4v) is 2.88. The summed E-state index contributed by atoms with van der Waals surface area (Å²) in [4.78, 5) is 8.88. The molecular weight excluding hydrogens is 354 g/mol. The minimum atomic E-state index is -0.0761. The smallest absolute Gasteiger partial charge is 0.154 e. The number of rotatable bonds is 9. The molecule has 28 heavy (non-hydrogen) atoms. The molecule has 2 aromatic heterocycles. The maximum atomic E-state index is 9.41. The number of anilines is 1. The number of aromatic nitrogens is 3. The van der Waals surface area contributed by atoms with Crippen molar-refractivity contribution in [2.24, 2.45) is 4.99 Å². The Balaban J connectivity index is 1.92. The Morgan fingerprint density at radius 2 is 2.00 bits per heavy atom. The molecule has 2 heterocycles. The molecule has 0 unspecified atom stereocenters. The average molecular weight is 381 g/mol. The number of aliphatic imine (C=N–C) groups is 1. The fourth-order valence-electron chi connectivity index (χ4n) is 2.88. The lowest BCUT2D eigenvalue weighted by Gasteiger charge is -2.14. The zero-order valence-electron chi connectivity index (χ0n) is 16.3. The van der Waals surface area contributed by atoms with Crippen LogP contribution < -0.4 is 5.32 Å². The first-order chi connectivity index (χ1) is 13.7. The summed E-state index contributed by atoms with van der Waals surface area (Å²) < 4.78 is 1.80. The summed E-state index contributed by atoms with van der Waals surface area (Å²) in [6, 6.07) is 11.7. The number of benzene rings is 1. The first-order valence-electron chi connectivity index (χ1n) is 9.65. The number of fused-ring (bicyclic) bond motifs is 1. The molecule has 0 aliphatic carbocycles. The van der Waals surface area contributed by atoms with Crippen LogP contribution in [0.15, 0.2) is 47.6 Å². The lowest BCUT2D eigenvalue weighted by molar-refractivity contribution is 0.264. The molecule has 0 saturated heterocycles. The van der Waals surface area contributed by atoms with Crippen molar-refractivity contribution in [3.63, 3.8) is 0 Å². The second-order valence-corrected chi connectivity index (χ2v) is 6.71. The van der Waals surface area contributed by atoms with Crippen LogP contribution in [-0.2, 0) is 0 Å². The van der Waals surface area contributed by atoms with Crippen molar-refractivity contribution in [2.45, 2.75) is 38.8 Å². The first-order valence-corrected chi connectivity index (χ1v) is 9.65. The molecule has 0 fully saturated rings. The normalized spacial score (nSPS) is 13.9. The molecular formula is C21H27N5O2. The fraction of sp³-hybridized carbons (Fsp3) is 0.381. The van der Waals surface area contributed by atoms with Crippen LogP contribution in [0.2, 0.25) is 0 Å². The standard InChI is InChI=1S/C21H27N5O2/c1-3-17(13-27)22-11-15-6-5-7-16(10-15)19-12-23-21-9-8-20(25-26(19)21)24-18(4-2)14-28/h5-12,17-18,27-28H,3-4,13-14H2,1-2H3,(H,24,25)/t17-,18-/m1/s1. The molecule has 3 rings (SSSR count). The molecule has 0 aliphatic heterocycles. The van der Waals surface area contributed by atoms with Gasteiger partial charge in [0.05, 0.1) is 37.2 Å². The van der Waals surface area contributed by atoms with Crippen molar-refractivity contribution in [3.05, 3.63) is 48.2 Å². The van der Waals surface area contributed by atoms with E-state index in [1.807, 2.05) is 50.2 Å². The molecule has 7 heteroatoms. The highest BCUT2D eigenvalue weighted by atomic mass is 16.3. The van der Waals surface area contributed by atoms with Crippen molar-refractivity contribution in [1.82, 2.24) is 14.6 Å². The van der Waals surface area contributed by atoms with Crippen molar-refractivity contribution >= 4 is 17.7 Å². The highest BCUT2D eigenvalue weighted by Crippen LogP contribution is 2.22. The summed E-state index contributed by atoms with van der Waals surface area (Å²) in [5.74, 6) is 0.694. The minimum Gasteiger partial charge on any atom is -0.394 e. The second-order valence-electron chi connectivity index (χ2n) is 6.71. The predicted octanol–water partition coefficient (Wildman–Crippen LogP) is 2.77. The van der Waals surface area contributed by atoms with E-state index in [-0.39, 0.29) is 25.3 Å². The number of aliphatic hydroxyl groups is 2. The van der Waals surface area contributed by atoms with Gasteiger partial charge >= 0.3 is 0 Å². The summed E-state index contributed by atoms with van der Waals surface area (Å²) >= 11 is 0. The summed E-state index contributed by atoms with van der Waals surface area (Å²) in [5, 5.41) is 26.6. The Morgan fingerprint density at radius 3 is 2.71 bits per heavy atom. The molecule has 1 aromatic carbocycles. The number of hydrogen-bond acceptors (Lipinski definition) is 6. The second kappa shape index (κ2) is 9.43. The summed E-state index contributed by atoms with van der Waals surface area (Å²) in [7, 11) is 0. The van der Waals surface area contributed by atoms with Gasteiger partial charge in [0.1, 0.15) is 5.82 Å². The molecule has 0 bridgehead atoms. The topological polar surface area (TPSA) is 95.0 Å². The van der Waals surface area contributed by atoms with E-state index in [2.05, 4.69) is 20.4 Å². The lowest BCUT2D eigenvalue weighted by Crippen LogP contribution is -2.23. The summed E-state index contributed by atoms with van der Waals surface area (Å²) in [6.45, 7) is 4.12. The van der Waals surface area contributed by atoms with Gasteiger partial charge in [0, 0.05) is 11.8 Å². The van der Waals surface area contributed by atoms with Crippen molar-refractivity contribution < 1.29 is 10.2 Å². The van der Waals surface area contributed by atoms with E-state index in [1.54, 1.807) is 16.9 Å². The molecule has 7 nitrogen and oxygen atoms in total. The highest BCUT2D eigenvalue weighted by molar-refractivity contribution is 5.82. The van der Waals surface area contributed by atoms with Gasteiger partial charge in [-0.3, -0.25) is 4.99 Å². The van der Waals surface area contributed by atoms with Crippen LogP contribution in [0.1, 0.15) is 32.3 Å². The van der Waals surface area contributed by atoms with Gasteiger partial charge in [-0.05, 0) is 36.6 Å². The number of hydrogen-bond donors (Lipinski definition) is 3. The Hall–Kier alpha value is -2.77. The van der Waals surface area contributed by atoms with E-state index in [0.29, 0.717) is 5.82 Å². The molecule has 3 aromatic rings. The van der Waals surface area contributed by atoms with E-state index in [4.69, 9.17) is 0 Å². The SMILES string of the molecule is CC[C@H](CO)N=Cc1cccc(-c2cnc3ccc(N[C@H](CC)CO)nn23)c1. The van der Waals surface area contributed by atoms with Gasteiger partial charge in [0.2, 0.25) is 0 Å². The van der Waals surface area contributed by atoms with Crippen molar-refractivity contribution in [3.8, 4) is 11.3 Å². The largest absolute Gasteiger partial charge is 0.394 e. The van der Waals surface area contributed by atoms with Crippen molar-refractivity contribution in [1.29, 1.82) is 0 Å². The third kappa shape index (κ3) is 4.55. The molecule has 2 atom stereocenters. The van der Waals surface area contributed by atoms with E-state index in [0.717, 1.165) is 35.3 Å². The maximum absolute atomic E-state index is 9.41. The Kier molecular flexibility index (Phi) is 6.73. The number of imidazole rings is 1. The zero-order chi connectivity index (χ0) is 19.9. The molecule has 0 radical (unpaired) electrons. The van der Waals surface area contributed by atoms with Gasteiger partial charge in [0.25, 0.3) is 0 Å². The maximum Gasteiger partial charge on any atom is 0.154 e. The third-order valence-corrected chi connectivity index (χ3v) is 4.73. The lowest BCUT2D eigenvalue weighted by atomic mass is 10.1. The first kappa shape index (κ1) is 20.0. The predicted molar refractivity (Wildman–Crippen MR) is 112 cm³/mol. The molecule has 0 saturated carbocycles. The molecule has 3 N–H and O–H groups in total. The van der Waals surface area contributed by atoms with Crippen LogP contribution in [0, 0.1) is 0 Å². The number of aliphatic hydroxyl groups excluding tert-OH is 2. The molecule has 0 spiro atoms. The average Bonchev–Trinajstić information content (AvgIpc) is 3.16. The monoisotopic (exact) mass is 381 g/mol. The van der Waals surface area contributed by atoms with Crippen LogP contribution >= 0.6 is 0 Å². The molecule has 0 aliphatic rings. The molecule has 148 valence electrons. The van der Waals surface area contributed by atoms with Gasteiger partial charge in [-0.15, -0.1) is 5.10 Å². The summed E-state index contributed by atoms with van der Waals surface area (Å²) in [6.07, 6.45) is 5.20. The van der Waals surface area contributed by atoms with Crippen LogP contribution in [-0.4, -0.2) is 56.3 Å². The quantitative estimate of drug-likeness (QED) is 0.496. The Labute approximate surface area is 164 Å². The van der Waals surface area contributed by atoms with E-state index in [1.165, 1.54) is 0 Å². The van der Waals surface area contributed by atoms with Crippen LogP contribution in [0.4, 0.5) is 5.82 Å². The van der Waals surface area contributed by atoms with Crippen LogP contribution in [0.25, 0.3) is 16.9 Å². The third-order valence-electron chi connectivity index (χ3n) is 4.73. The van der Waals surface area contributed by atoms with Gasteiger partial charge in [-0.2, -0.15) is 0 Å². The van der Waals surface area contributed by atoms with Gasteiger partial charge in [0.15, 0.2) is 5.65 Å². The van der Waals surface area contributed by atoms with Crippen molar-refractivity contribution in [2.75, 3.05) is 18.5 Å². The summed E-state index contributed by atoms with van der Waals surface area (Å²) in [5.41, 5.74) is 3.57.